The minimum Gasteiger partial charge on any atom is -0.508 e. The Balaban J connectivity index is 2.26. The van der Waals surface area contributed by atoms with Crippen LogP contribution in [0.3, 0.4) is 0 Å². The normalized spacial score (nSPS) is 21.5. The Morgan fingerprint density at radius 2 is 1.69 bits per heavy atom. The first kappa shape index (κ1) is 17.4. The summed E-state index contributed by atoms with van der Waals surface area (Å²) in [5.41, 5.74) is -2.60. The minimum absolute atomic E-state index is 0.0760. The number of ketones is 1. The van der Waals surface area contributed by atoms with Gasteiger partial charge in [0.05, 0.1) is 0 Å². The Morgan fingerprint density at radius 1 is 1.00 bits per heavy atom. The number of hydrogen-bond acceptors (Lipinski definition) is 8. The number of aliphatic hydroxyl groups excluding tert-OH is 1. The van der Waals surface area contributed by atoms with E-state index in [2.05, 4.69) is 0 Å². The first-order valence-corrected chi connectivity index (χ1v) is 7.39. The van der Waals surface area contributed by atoms with Crippen molar-refractivity contribution in [1.82, 2.24) is 0 Å². The summed E-state index contributed by atoms with van der Waals surface area (Å²) >= 11 is 0. The van der Waals surface area contributed by atoms with Gasteiger partial charge < -0.3 is 35.4 Å². The highest BCUT2D eigenvalue weighted by molar-refractivity contribution is 6.36. The predicted octanol–water partition coefficient (Wildman–Crippen LogP) is 0.354. The number of carboxylic acids is 1. The second-order valence-electron chi connectivity index (χ2n) is 5.84. The molecule has 0 radical (unpaired) electrons. The minimum atomic E-state index is -2.45. The Bertz CT molecular complexity index is 921. The second-order valence-corrected chi connectivity index (χ2v) is 5.84. The largest absolute Gasteiger partial charge is 0.508 e. The first-order chi connectivity index (χ1) is 12.2. The zero-order valence-corrected chi connectivity index (χ0v) is 13.1. The second kappa shape index (κ2) is 5.81. The molecular weight excluding hydrogens is 348 g/mol. The average Bonchev–Trinajstić information content (AvgIpc) is 2.57. The van der Waals surface area contributed by atoms with Crippen LogP contribution in [0.25, 0.3) is 0 Å². The van der Waals surface area contributed by atoms with Gasteiger partial charge in [0.1, 0.15) is 23.4 Å². The van der Waals surface area contributed by atoms with Crippen molar-refractivity contribution in [3.05, 3.63) is 41.5 Å². The van der Waals surface area contributed by atoms with E-state index < -0.39 is 46.5 Å². The molecule has 0 saturated carbocycles. The molecule has 1 aliphatic heterocycles. The van der Waals surface area contributed by atoms with Crippen LogP contribution in [0, 0.1) is 0 Å². The van der Waals surface area contributed by atoms with Crippen molar-refractivity contribution in [2.24, 2.45) is 0 Å². The summed E-state index contributed by atoms with van der Waals surface area (Å²) in [5, 5.41) is 58.5. The molecule has 6 N–H and O–H groups in total. The molecule has 0 aromatic heterocycles. The predicted molar refractivity (Wildman–Crippen MR) is 84.2 cm³/mol. The smallest absolute Gasteiger partial charge is 0.377 e. The van der Waals surface area contributed by atoms with Gasteiger partial charge in [-0.25, -0.2) is 4.79 Å². The number of ether oxygens (including phenoxy) is 1. The number of Topliss-reactive ketones (excluding diaryl/α,β-unsaturated/α-hetero) is 1. The fourth-order valence-corrected chi connectivity index (χ4v) is 2.98. The third kappa shape index (κ3) is 2.45. The lowest BCUT2D eigenvalue weighted by atomic mass is 9.78. The molecule has 2 aromatic carbocycles. The van der Waals surface area contributed by atoms with E-state index in [0.717, 1.165) is 30.3 Å². The number of carbonyl (C=O) groups is 2. The Labute approximate surface area is 146 Å². The number of phenolic OH excluding ortho intramolecular Hbond substituents is 4. The van der Waals surface area contributed by atoms with Crippen LogP contribution in [-0.2, 0) is 21.6 Å². The van der Waals surface area contributed by atoms with Crippen molar-refractivity contribution in [2.75, 3.05) is 0 Å². The maximum Gasteiger partial charge on any atom is 0.377 e. The Morgan fingerprint density at radius 3 is 2.31 bits per heavy atom. The van der Waals surface area contributed by atoms with Gasteiger partial charge in [-0.15, -0.1) is 0 Å². The maximum atomic E-state index is 12.5. The number of carbonyl (C=O) groups excluding carboxylic acids is 1. The third-order valence-corrected chi connectivity index (χ3v) is 4.24. The number of hydrogen-bond donors (Lipinski definition) is 6. The van der Waals surface area contributed by atoms with Gasteiger partial charge >= 0.3 is 5.97 Å². The summed E-state index contributed by atoms with van der Waals surface area (Å²) in [6.07, 6.45) is -2.10. The summed E-state index contributed by atoms with van der Waals surface area (Å²) in [6.45, 7) is 0. The molecule has 136 valence electrons. The van der Waals surface area contributed by atoms with Crippen LogP contribution in [0.1, 0.15) is 11.1 Å². The molecule has 3 rings (SSSR count). The van der Waals surface area contributed by atoms with Crippen molar-refractivity contribution >= 4 is 11.8 Å². The summed E-state index contributed by atoms with van der Waals surface area (Å²) in [7, 11) is 0. The van der Waals surface area contributed by atoms with E-state index in [-0.39, 0.29) is 23.3 Å². The van der Waals surface area contributed by atoms with Gasteiger partial charge in [0, 0.05) is 29.7 Å². The average molecular weight is 362 g/mol. The number of phenols is 4. The van der Waals surface area contributed by atoms with E-state index in [1.807, 2.05) is 0 Å². The molecule has 9 nitrogen and oxygen atoms in total. The maximum absolute atomic E-state index is 12.5. The van der Waals surface area contributed by atoms with E-state index in [1.54, 1.807) is 0 Å². The van der Waals surface area contributed by atoms with Gasteiger partial charge in [-0.05, 0) is 12.1 Å². The lowest BCUT2D eigenvalue weighted by Crippen LogP contribution is -2.56. The highest BCUT2D eigenvalue weighted by Crippen LogP contribution is 2.46. The summed E-state index contributed by atoms with van der Waals surface area (Å²) in [6, 6.07) is 5.09. The molecule has 1 aliphatic rings. The summed E-state index contributed by atoms with van der Waals surface area (Å²) < 4.78 is 5.50. The molecule has 0 aliphatic carbocycles. The fourth-order valence-electron chi connectivity index (χ4n) is 2.98. The lowest BCUT2D eigenvalue weighted by Gasteiger charge is -2.40. The monoisotopic (exact) mass is 362 g/mol. The molecule has 0 amide bonds. The van der Waals surface area contributed by atoms with Crippen molar-refractivity contribution in [3.8, 4) is 28.7 Å². The van der Waals surface area contributed by atoms with Crippen molar-refractivity contribution in [1.29, 1.82) is 0 Å². The van der Waals surface area contributed by atoms with E-state index in [9.17, 15) is 40.2 Å². The highest BCUT2D eigenvalue weighted by Gasteiger charge is 2.55. The zero-order chi connectivity index (χ0) is 19.2. The Hall–Kier alpha value is -3.46. The number of rotatable bonds is 3. The third-order valence-electron chi connectivity index (χ3n) is 4.24. The number of aromatic hydroxyl groups is 4. The van der Waals surface area contributed by atoms with Crippen LogP contribution < -0.4 is 4.74 Å². The van der Waals surface area contributed by atoms with Gasteiger partial charge in [0.2, 0.25) is 5.60 Å². The topological polar surface area (TPSA) is 165 Å². The fraction of sp³-hybridized carbons (Fsp3) is 0.176. The molecule has 2 aromatic rings. The standard InChI is InChI=1S/C17H14O9/c18-8-4-11(20)9-6-14(22)17(15(23)16(24)25,26-13(9)5-8)7-1-2-10(19)12(21)3-7/h1-5,14,18-22H,6H2,(H,24,25). The van der Waals surface area contributed by atoms with Crippen molar-refractivity contribution in [3.63, 3.8) is 0 Å². The van der Waals surface area contributed by atoms with Gasteiger partial charge in [-0.1, -0.05) is 6.07 Å². The number of benzene rings is 2. The molecule has 0 bridgehead atoms. The highest BCUT2D eigenvalue weighted by atomic mass is 16.5. The molecule has 0 spiro atoms. The van der Waals surface area contributed by atoms with Crippen LogP contribution in [0.4, 0.5) is 0 Å². The number of fused-ring (bicyclic) bond motifs is 1. The molecule has 0 saturated heterocycles. The summed E-state index contributed by atoms with van der Waals surface area (Å²) in [4.78, 5) is 23.8. The van der Waals surface area contributed by atoms with Crippen LogP contribution in [-0.4, -0.2) is 48.5 Å². The van der Waals surface area contributed by atoms with Gasteiger partial charge in [-0.2, -0.15) is 0 Å². The molecule has 2 unspecified atom stereocenters. The molecule has 2 atom stereocenters. The van der Waals surface area contributed by atoms with Crippen LogP contribution in [0.5, 0.6) is 28.7 Å². The zero-order valence-electron chi connectivity index (χ0n) is 13.1. The van der Waals surface area contributed by atoms with E-state index >= 15 is 0 Å². The molecule has 0 fully saturated rings. The molecule has 9 heteroatoms. The van der Waals surface area contributed by atoms with E-state index in [1.165, 1.54) is 0 Å². The van der Waals surface area contributed by atoms with Crippen LogP contribution >= 0.6 is 0 Å². The molecule has 26 heavy (non-hydrogen) atoms. The number of aliphatic carboxylic acids is 1. The van der Waals surface area contributed by atoms with Gasteiger partial charge in [0.15, 0.2) is 11.5 Å². The Kier molecular flexibility index (Phi) is 3.88. The quantitative estimate of drug-likeness (QED) is 0.334. The van der Waals surface area contributed by atoms with Crippen LogP contribution in [0.15, 0.2) is 30.3 Å². The van der Waals surface area contributed by atoms with Gasteiger partial charge in [-0.3, -0.25) is 4.79 Å². The first-order valence-electron chi connectivity index (χ1n) is 7.39. The SMILES string of the molecule is O=C(O)C(=O)C1(c2ccc(O)c(O)c2)Oc2cc(O)cc(O)c2CC1O. The molecule has 1 heterocycles. The van der Waals surface area contributed by atoms with Crippen molar-refractivity contribution < 1.29 is 45.0 Å². The van der Waals surface area contributed by atoms with E-state index in [0.29, 0.717) is 0 Å². The van der Waals surface area contributed by atoms with Crippen LogP contribution in [0.2, 0.25) is 0 Å². The number of carboxylic acid groups (broad SMARTS) is 1. The molecular formula is C17H14O9. The number of aliphatic hydroxyl groups is 1. The van der Waals surface area contributed by atoms with Crippen molar-refractivity contribution in [2.45, 2.75) is 18.1 Å². The summed E-state index contributed by atoms with van der Waals surface area (Å²) in [5.74, 6) is -5.59. The van der Waals surface area contributed by atoms with Gasteiger partial charge in [0.25, 0.3) is 5.78 Å². The lowest BCUT2D eigenvalue weighted by molar-refractivity contribution is -0.166. The van der Waals surface area contributed by atoms with E-state index in [4.69, 9.17) is 4.74 Å².